The minimum atomic E-state index is -2.95. The molecule has 3 N–H and O–H groups in total. The lowest BCUT2D eigenvalue weighted by Gasteiger charge is -2.58. The maximum atomic E-state index is 16.2. The van der Waals surface area contributed by atoms with Crippen LogP contribution in [0.15, 0.2) is 53.5 Å². The van der Waals surface area contributed by atoms with Gasteiger partial charge in [-0.15, -0.1) is 0 Å². The third-order valence-corrected chi connectivity index (χ3v) is 13.8. The minimum Gasteiger partial charge on any atom is -0.478 e. The number of nitrogens with zero attached hydrogens (tertiary/aromatic N) is 7. The molecule has 7 heterocycles. The molecule has 5 aliphatic rings. The van der Waals surface area contributed by atoms with Crippen molar-refractivity contribution < 1.29 is 32.7 Å². The number of alkyl halides is 2. The summed E-state index contributed by atoms with van der Waals surface area (Å²) in [6, 6.07) is 11.4. The summed E-state index contributed by atoms with van der Waals surface area (Å²) in [4.78, 5) is 79.5. The summed E-state index contributed by atoms with van der Waals surface area (Å²) in [5, 5.41) is 9.15. The van der Waals surface area contributed by atoms with Gasteiger partial charge in [-0.2, -0.15) is 4.98 Å². The number of pyridine rings is 1. The summed E-state index contributed by atoms with van der Waals surface area (Å²) in [6.07, 6.45) is 3.96. The monoisotopic (exact) mass is 900 g/mol. The van der Waals surface area contributed by atoms with Gasteiger partial charge in [0.15, 0.2) is 18.2 Å². The molecular weight excluding hydrogens is 850 g/mol. The first kappa shape index (κ1) is 43.4. The number of likely N-dealkylation sites (N-methyl/N-ethyl adjacent to an activating group) is 1. The van der Waals surface area contributed by atoms with Gasteiger partial charge in [-0.1, -0.05) is 17.7 Å². The number of hydrogen-bond donors (Lipinski definition) is 3. The van der Waals surface area contributed by atoms with Gasteiger partial charge in [0.1, 0.15) is 11.1 Å². The van der Waals surface area contributed by atoms with E-state index in [-0.39, 0.29) is 61.1 Å². The van der Waals surface area contributed by atoms with Crippen molar-refractivity contribution in [1.29, 1.82) is 0 Å². The molecule has 5 aliphatic heterocycles. The highest BCUT2D eigenvalue weighted by Gasteiger charge is 2.62. The van der Waals surface area contributed by atoms with Crippen LogP contribution < -0.4 is 36.0 Å². The predicted molar refractivity (Wildman–Crippen MR) is 237 cm³/mol. The molecule has 0 unspecified atom stereocenters. The zero-order valence-corrected chi connectivity index (χ0v) is 36.7. The molecule has 2 aromatic heterocycles. The van der Waals surface area contributed by atoms with E-state index in [1.165, 1.54) is 11.9 Å². The number of carbonyl (C=O) groups excluding carboxylic acids is 4. The zero-order chi connectivity index (χ0) is 45.1. The van der Waals surface area contributed by atoms with Crippen molar-refractivity contribution in [2.24, 2.45) is 11.3 Å². The molecule has 64 heavy (non-hydrogen) atoms. The highest BCUT2D eigenvalue weighted by molar-refractivity contribution is 6.33. The van der Waals surface area contributed by atoms with Crippen LogP contribution in [0.2, 0.25) is 5.02 Å². The van der Waals surface area contributed by atoms with E-state index in [9.17, 15) is 24.0 Å². The Balaban J connectivity index is 0.794. The largest absolute Gasteiger partial charge is 0.478 e. The summed E-state index contributed by atoms with van der Waals surface area (Å²) >= 11 is 6.59. The lowest BCUT2D eigenvalue weighted by atomic mass is 9.68. The standard InChI is InChI=1S/C45H51ClF2N10O6/c1-26(2)58-33-8-7-29(17-28(33)18-36(42(58)63)64-22-38(60)49-3)51-39-32(46)19-50-43(53-39)55-14-11-27(12-15-55)20-54-23-44(24-54)13-16-56(25-45(44,47)48)34-6-4-5-30-31(34)21-57(41(30)62)35-9-10-37(59)52-40(35)61/h4-8,17-19,26-27,35H,9-16,20-25H2,1-3H3,(H,49,60)(H,50,51,53)(H,52,59,61)/t35-/m1/s1. The lowest BCUT2D eigenvalue weighted by molar-refractivity contribution is -0.200. The average Bonchev–Trinajstić information content (AvgIpc) is 3.59. The van der Waals surface area contributed by atoms with E-state index >= 15 is 8.78 Å². The van der Waals surface area contributed by atoms with Gasteiger partial charge in [0.2, 0.25) is 17.8 Å². The van der Waals surface area contributed by atoms with E-state index in [1.807, 2.05) is 32.0 Å². The molecule has 19 heteroatoms. The number of likely N-dealkylation sites (tertiary alicyclic amines) is 1. The van der Waals surface area contributed by atoms with Crippen molar-refractivity contribution in [2.45, 2.75) is 70.5 Å². The van der Waals surface area contributed by atoms with Crippen LogP contribution in [0.4, 0.5) is 31.9 Å². The number of halogens is 3. The number of nitrogens with one attached hydrogen (secondary N) is 3. The Morgan fingerprint density at radius 3 is 2.52 bits per heavy atom. The normalized spacial score (nSPS) is 21.0. The number of hydrogen-bond acceptors (Lipinski definition) is 12. The van der Waals surface area contributed by atoms with Gasteiger partial charge in [-0.25, -0.2) is 13.8 Å². The summed E-state index contributed by atoms with van der Waals surface area (Å²) in [6.45, 7) is 6.42. The maximum absolute atomic E-state index is 16.2. The van der Waals surface area contributed by atoms with Gasteiger partial charge >= 0.3 is 0 Å². The Morgan fingerprint density at radius 2 is 1.80 bits per heavy atom. The second kappa shape index (κ2) is 16.9. The molecule has 2 aromatic carbocycles. The molecular formula is C45H51ClF2N10O6. The first-order valence-electron chi connectivity index (χ1n) is 21.8. The second-order valence-electron chi connectivity index (χ2n) is 18.0. The maximum Gasteiger partial charge on any atom is 0.293 e. The summed E-state index contributed by atoms with van der Waals surface area (Å²) in [5.41, 5.74) is 1.59. The van der Waals surface area contributed by atoms with Crippen LogP contribution in [-0.4, -0.2) is 119 Å². The molecule has 16 nitrogen and oxygen atoms in total. The molecule has 1 atom stereocenters. The average molecular weight is 901 g/mol. The molecule has 4 amide bonds. The Labute approximate surface area is 373 Å². The Hall–Kier alpha value is -5.88. The SMILES string of the molecule is CNC(=O)COc1cc2cc(Nc3nc(N4CCC(CN5CC6(CCN(c7cccc8c7CN([C@@H]7CCC(=O)NC7=O)C8=O)CC6(F)F)C5)CC4)ncc3Cl)ccc2n(C(C)C)c1=O. The number of carbonyl (C=O) groups is 4. The summed E-state index contributed by atoms with van der Waals surface area (Å²) in [5.74, 6) is -3.17. The number of ether oxygens (including phenoxy) is 1. The lowest BCUT2D eigenvalue weighted by Crippen LogP contribution is -2.70. The van der Waals surface area contributed by atoms with Gasteiger partial charge in [0, 0.05) is 93.2 Å². The number of piperidine rings is 3. The summed E-state index contributed by atoms with van der Waals surface area (Å²) < 4.78 is 39.7. The highest BCUT2D eigenvalue weighted by Crippen LogP contribution is 2.52. The first-order valence-corrected chi connectivity index (χ1v) is 22.2. The number of fused-ring (bicyclic) bond motifs is 2. The molecule has 338 valence electrons. The van der Waals surface area contributed by atoms with Crippen molar-refractivity contribution in [3.05, 3.63) is 75.2 Å². The van der Waals surface area contributed by atoms with Gasteiger partial charge in [0.05, 0.1) is 23.7 Å². The van der Waals surface area contributed by atoms with Crippen molar-refractivity contribution >= 4 is 69.3 Å². The predicted octanol–water partition coefficient (Wildman–Crippen LogP) is 4.72. The van der Waals surface area contributed by atoms with Crippen molar-refractivity contribution in [3.8, 4) is 5.75 Å². The fourth-order valence-electron chi connectivity index (χ4n) is 10.1. The molecule has 0 bridgehead atoms. The van der Waals surface area contributed by atoms with E-state index < -0.39 is 29.8 Å². The minimum absolute atomic E-state index is 0.0652. The number of benzene rings is 2. The molecule has 0 radical (unpaired) electrons. The van der Waals surface area contributed by atoms with Gasteiger partial charge in [-0.05, 0) is 81.8 Å². The van der Waals surface area contributed by atoms with E-state index in [1.54, 1.807) is 39.9 Å². The molecule has 0 aliphatic carbocycles. The second-order valence-corrected chi connectivity index (χ2v) is 18.4. The van der Waals surface area contributed by atoms with E-state index in [0.29, 0.717) is 89.9 Å². The van der Waals surface area contributed by atoms with E-state index in [2.05, 4.69) is 30.7 Å². The number of aromatic nitrogens is 3. The third kappa shape index (κ3) is 7.99. The molecule has 4 aromatic rings. The molecule has 9 rings (SSSR count). The van der Waals surface area contributed by atoms with Crippen LogP contribution in [-0.2, 0) is 20.9 Å². The topological polar surface area (TPSA) is 174 Å². The third-order valence-electron chi connectivity index (χ3n) is 13.5. The Morgan fingerprint density at radius 1 is 1.02 bits per heavy atom. The van der Waals surface area contributed by atoms with Gasteiger partial charge in [0.25, 0.3) is 23.3 Å². The van der Waals surface area contributed by atoms with Crippen LogP contribution in [0.1, 0.15) is 67.9 Å². The quantitative estimate of drug-likeness (QED) is 0.177. The Bertz CT molecular complexity index is 2590. The van der Waals surface area contributed by atoms with E-state index in [0.717, 1.165) is 24.8 Å². The molecule has 4 saturated heterocycles. The van der Waals surface area contributed by atoms with Crippen LogP contribution in [0.5, 0.6) is 5.75 Å². The highest BCUT2D eigenvalue weighted by atomic mass is 35.5. The van der Waals surface area contributed by atoms with Crippen LogP contribution in [0.3, 0.4) is 0 Å². The molecule has 1 spiro atoms. The number of amides is 4. The smallest absolute Gasteiger partial charge is 0.293 e. The fourth-order valence-corrected chi connectivity index (χ4v) is 10.2. The van der Waals surface area contributed by atoms with Gasteiger partial charge in [-0.3, -0.25) is 29.3 Å². The Kier molecular flexibility index (Phi) is 11.5. The van der Waals surface area contributed by atoms with Crippen LogP contribution in [0, 0.1) is 11.3 Å². The van der Waals surface area contributed by atoms with Gasteiger partial charge < -0.3 is 39.5 Å². The van der Waals surface area contributed by atoms with Crippen molar-refractivity contribution in [3.63, 3.8) is 0 Å². The number of imide groups is 1. The molecule has 0 saturated carbocycles. The number of anilines is 4. The van der Waals surface area contributed by atoms with Crippen LogP contribution >= 0.6 is 11.6 Å². The van der Waals surface area contributed by atoms with Crippen LogP contribution in [0.25, 0.3) is 10.9 Å². The zero-order valence-electron chi connectivity index (χ0n) is 36.0. The van der Waals surface area contributed by atoms with Crippen molar-refractivity contribution in [2.75, 3.05) is 74.6 Å². The summed E-state index contributed by atoms with van der Waals surface area (Å²) in [7, 11) is 1.50. The van der Waals surface area contributed by atoms with E-state index in [4.69, 9.17) is 21.3 Å². The first-order chi connectivity index (χ1) is 30.6. The fraction of sp³-hybridized carbons (Fsp3) is 0.489. The van der Waals surface area contributed by atoms with Crippen molar-refractivity contribution in [1.82, 2.24) is 35.0 Å². The molecule has 4 fully saturated rings. The number of rotatable bonds is 11.